The van der Waals surface area contributed by atoms with E-state index in [0.717, 1.165) is 31.4 Å². The molecular weight excluding hydrogens is 280 g/mol. The molecule has 1 fully saturated rings. The molecular formula is C17H26N2O3. The number of rotatable bonds is 5. The number of piperidine rings is 1. The van der Waals surface area contributed by atoms with Gasteiger partial charge in [0.2, 0.25) is 5.88 Å². The van der Waals surface area contributed by atoms with Gasteiger partial charge in [0.1, 0.15) is 0 Å². The van der Waals surface area contributed by atoms with Crippen LogP contribution in [-0.2, 0) is 4.74 Å². The summed E-state index contributed by atoms with van der Waals surface area (Å²) in [5, 5.41) is 0. The van der Waals surface area contributed by atoms with Crippen LogP contribution in [0.5, 0.6) is 5.88 Å². The van der Waals surface area contributed by atoms with E-state index in [1.165, 1.54) is 0 Å². The lowest BCUT2D eigenvalue weighted by molar-refractivity contribution is 0.0803. The molecule has 1 amide bonds. The molecule has 1 aliphatic rings. The van der Waals surface area contributed by atoms with Crippen molar-refractivity contribution < 1.29 is 14.3 Å². The van der Waals surface area contributed by atoms with Gasteiger partial charge in [0.25, 0.3) is 0 Å². The van der Waals surface area contributed by atoms with Crippen molar-refractivity contribution in [1.82, 2.24) is 9.88 Å². The Morgan fingerprint density at radius 1 is 1.41 bits per heavy atom. The Bertz CT molecular complexity index is 475. The Hall–Kier alpha value is -1.78. The van der Waals surface area contributed by atoms with Gasteiger partial charge in [-0.2, -0.15) is 0 Å². The summed E-state index contributed by atoms with van der Waals surface area (Å²) in [6.45, 7) is 6.24. The van der Waals surface area contributed by atoms with Crippen LogP contribution in [0.25, 0.3) is 0 Å². The third-order valence-corrected chi connectivity index (χ3v) is 4.08. The molecule has 1 aromatic heterocycles. The van der Waals surface area contributed by atoms with Crippen LogP contribution in [0.3, 0.4) is 0 Å². The summed E-state index contributed by atoms with van der Waals surface area (Å²) >= 11 is 0. The summed E-state index contributed by atoms with van der Waals surface area (Å²) < 4.78 is 10.4. The summed E-state index contributed by atoms with van der Waals surface area (Å²) in [6, 6.07) is 3.91. The number of likely N-dealkylation sites (tertiary alicyclic amines) is 1. The topological polar surface area (TPSA) is 51.7 Å². The molecule has 2 unspecified atom stereocenters. The highest BCUT2D eigenvalue weighted by Gasteiger charge is 2.29. The second-order valence-corrected chi connectivity index (χ2v) is 6.04. The maximum atomic E-state index is 12.2. The number of methoxy groups -OCH3 is 1. The molecule has 0 N–H and O–H groups in total. The van der Waals surface area contributed by atoms with Crippen LogP contribution in [0.15, 0.2) is 18.3 Å². The van der Waals surface area contributed by atoms with Crippen LogP contribution in [0.4, 0.5) is 4.79 Å². The maximum absolute atomic E-state index is 12.2. The van der Waals surface area contributed by atoms with E-state index in [0.29, 0.717) is 30.9 Å². The quantitative estimate of drug-likeness (QED) is 0.782. The van der Waals surface area contributed by atoms with Gasteiger partial charge in [-0.1, -0.05) is 26.3 Å². The number of hydrogen-bond acceptors (Lipinski definition) is 4. The Balaban J connectivity index is 1.98. The van der Waals surface area contributed by atoms with Crippen molar-refractivity contribution in [1.29, 1.82) is 0 Å². The number of aromatic nitrogens is 1. The molecule has 5 nitrogen and oxygen atoms in total. The number of carbonyl (C=O) groups is 1. The van der Waals surface area contributed by atoms with Crippen molar-refractivity contribution in [3.05, 3.63) is 23.9 Å². The van der Waals surface area contributed by atoms with Crippen LogP contribution in [0, 0.1) is 5.92 Å². The number of pyridine rings is 1. The number of nitrogens with zero attached hydrogens (tertiary/aromatic N) is 2. The fourth-order valence-corrected chi connectivity index (χ4v) is 2.89. The van der Waals surface area contributed by atoms with Crippen LogP contribution in [-0.4, -0.2) is 42.8 Å². The smallest absolute Gasteiger partial charge is 0.409 e. The van der Waals surface area contributed by atoms with Gasteiger partial charge >= 0.3 is 6.09 Å². The second kappa shape index (κ2) is 8.01. The minimum atomic E-state index is -0.188. The molecule has 122 valence electrons. The SMILES string of the molecule is CCCCOC(=O)N1CC(C)CC(c2ccc(OC)nc2)C1. The standard InChI is InChI=1S/C17H26N2O3/c1-4-5-8-22-17(20)19-11-13(2)9-15(12-19)14-6-7-16(21-3)18-10-14/h6-7,10,13,15H,4-5,8-9,11-12H2,1-3H3. The van der Waals surface area contributed by atoms with Gasteiger partial charge in [-0.15, -0.1) is 0 Å². The monoisotopic (exact) mass is 306 g/mol. The normalized spacial score (nSPS) is 21.5. The van der Waals surface area contributed by atoms with Gasteiger partial charge in [-0.05, 0) is 24.3 Å². The molecule has 2 heterocycles. The van der Waals surface area contributed by atoms with Crippen molar-refractivity contribution >= 4 is 6.09 Å². The number of hydrogen-bond donors (Lipinski definition) is 0. The maximum Gasteiger partial charge on any atom is 0.409 e. The first-order valence-corrected chi connectivity index (χ1v) is 8.05. The average molecular weight is 306 g/mol. The van der Waals surface area contributed by atoms with Gasteiger partial charge in [0, 0.05) is 31.3 Å². The van der Waals surface area contributed by atoms with E-state index in [9.17, 15) is 4.79 Å². The number of ether oxygens (including phenoxy) is 2. The van der Waals surface area contributed by atoms with E-state index in [1.807, 2.05) is 23.2 Å². The van der Waals surface area contributed by atoms with Crippen molar-refractivity contribution in [2.75, 3.05) is 26.8 Å². The molecule has 0 saturated carbocycles. The summed E-state index contributed by atoms with van der Waals surface area (Å²) in [4.78, 5) is 18.3. The van der Waals surface area contributed by atoms with Crippen LogP contribution < -0.4 is 4.74 Å². The van der Waals surface area contributed by atoms with Crippen LogP contribution in [0.2, 0.25) is 0 Å². The first-order valence-electron chi connectivity index (χ1n) is 8.05. The fraction of sp³-hybridized carbons (Fsp3) is 0.647. The molecule has 22 heavy (non-hydrogen) atoms. The van der Waals surface area contributed by atoms with E-state index < -0.39 is 0 Å². The first-order chi connectivity index (χ1) is 10.6. The lowest BCUT2D eigenvalue weighted by Gasteiger charge is -2.36. The van der Waals surface area contributed by atoms with E-state index >= 15 is 0 Å². The van der Waals surface area contributed by atoms with E-state index in [4.69, 9.17) is 9.47 Å². The summed E-state index contributed by atoms with van der Waals surface area (Å²) in [5.41, 5.74) is 1.15. The predicted molar refractivity (Wildman–Crippen MR) is 85.1 cm³/mol. The molecule has 0 bridgehead atoms. The number of carbonyl (C=O) groups excluding carboxylic acids is 1. The Morgan fingerprint density at radius 2 is 2.23 bits per heavy atom. The van der Waals surface area contributed by atoms with Gasteiger partial charge in [-0.25, -0.2) is 9.78 Å². The van der Waals surface area contributed by atoms with Gasteiger partial charge in [0.15, 0.2) is 0 Å². The molecule has 1 saturated heterocycles. The third kappa shape index (κ3) is 4.36. The van der Waals surface area contributed by atoms with Gasteiger partial charge < -0.3 is 14.4 Å². The molecule has 0 aliphatic carbocycles. The number of unbranched alkanes of at least 4 members (excludes halogenated alkanes) is 1. The Morgan fingerprint density at radius 3 is 2.86 bits per heavy atom. The summed E-state index contributed by atoms with van der Waals surface area (Å²) in [6.07, 6.45) is 4.67. The van der Waals surface area contributed by atoms with Crippen LogP contribution >= 0.6 is 0 Å². The van der Waals surface area contributed by atoms with Crippen LogP contribution in [0.1, 0.15) is 44.6 Å². The third-order valence-electron chi connectivity index (χ3n) is 4.08. The lowest BCUT2D eigenvalue weighted by Crippen LogP contribution is -2.42. The van der Waals surface area contributed by atoms with E-state index in [-0.39, 0.29) is 6.09 Å². The van der Waals surface area contributed by atoms with Crippen molar-refractivity contribution in [3.8, 4) is 5.88 Å². The highest BCUT2D eigenvalue weighted by atomic mass is 16.6. The number of amides is 1. The van der Waals surface area contributed by atoms with Crippen molar-refractivity contribution in [2.45, 2.75) is 39.0 Å². The fourth-order valence-electron chi connectivity index (χ4n) is 2.89. The largest absolute Gasteiger partial charge is 0.481 e. The summed E-state index contributed by atoms with van der Waals surface area (Å²) in [5.74, 6) is 1.38. The minimum Gasteiger partial charge on any atom is -0.481 e. The zero-order chi connectivity index (χ0) is 15.9. The molecule has 2 rings (SSSR count). The van der Waals surface area contributed by atoms with Gasteiger partial charge in [-0.3, -0.25) is 0 Å². The lowest BCUT2D eigenvalue weighted by atomic mass is 9.86. The average Bonchev–Trinajstić information content (AvgIpc) is 2.54. The highest BCUT2D eigenvalue weighted by Crippen LogP contribution is 2.30. The molecule has 0 aromatic carbocycles. The molecule has 0 radical (unpaired) electrons. The second-order valence-electron chi connectivity index (χ2n) is 6.04. The highest BCUT2D eigenvalue weighted by molar-refractivity contribution is 5.67. The van der Waals surface area contributed by atoms with Crippen molar-refractivity contribution in [3.63, 3.8) is 0 Å². The molecule has 2 atom stereocenters. The van der Waals surface area contributed by atoms with Gasteiger partial charge in [0.05, 0.1) is 13.7 Å². The van der Waals surface area contributed by atoms with E-state index in [1.54, 1.807) is 7.11 Å². The first kappa shape index (κ1) is 16.6. The Kier molecular flexibility index (Phi) is 6.04. The zero-order valence-electron chi connectivity index (χ0n) is 13.7. The molecule has 1 aliphatic heterocycles. The molecule has 1 aromatic rings. The predicted octanol–water partition coefficient (Wildman–Crippen LogP) is 3.45. The van der Waals surface area contributed by atoms with Crippen molar-refractivity contribution in [2.24, 2.45) is 5.92 Å². The summed E-state index contributed by atoms with van der Waals surface area (Å²) in [7, 11) is 1.61. The molecule has 0 spiro atoms. The zero-order valence-corrected chi connectivity index (χ0v) is 13.7. The molecule has 5 heteroatoms. The Labute approximate surface area is 132 Å². The minimum absolute atomic E-state index is 0.188. The van der Waals surface area contributed by atoms with E-state index in [2.05, 4.69) is 18.8 Å².